The van der Waals surface area contributed by atoms with Crippen LogP contribution in [0.25, 0.3) is 5.65 Å². The zero-order valence-corrected chi connectivity index (χ0v) is 13.1. The van der Waals surface area contributed by atoms with E-state index in [1.165, 1.54) is 22.7 Å². The molecule has 0 radical (unpaired) electrons. The number of hydrogen-bond donors (Lipinski definition) is 3. The Bertz CT molecular complexity index is 1070. The first kappa shape index (κ1) is 15.9. The molecule has 0 saturated carbocycles. The third-order valence-electron chi connectivity index (χ3n) is 3.38. The summed E-state index contributed by atoms with van der Waals surface area (Å²) in [6, 6.07) is 8.96. The van der Waals surface area contributed by atoms with Gasteiger partial charge >= 0.3 is 5.69 Å². The summed E-state index contributed by atoms with van der Waals surface area (Å²) in [5.41, 5.74) is 0.984. The Labute approximate surface area is 136 Å². The predicted molar refractivity (Wildman–Crippen MR) is 84.8 cm³/mol. The van der Waals surface area contributed by atoms with Gasteiger partial charge in [0.1, 0.15) is 0 Å². The van der Waals surface area contributed by atoms with Gasteiger partial charge in [-0.25, -0.2) is 27.9 Å². The summed E-state index contributed by atoms with van der Waals surface area (Å²) in [5, 5.41) is 13.8. The number of rotatable bonds is 4. The summed E-state index contributed by atoms with van der Waals surface area (Å²) in [4.78, 5) is 23.6. The number of aromatic amines is 1. The fourth-order valence-corrected chi connectivity index (χ4v) is 2.64. The molecule has 0 fully saturated rings. The maximum atomic E-state index is 12.1. The molecule has 0 bridgehead atoms. The Morgan fingerprint density at radius 1 is 1.21 bits per heavy atom. The van der Waals surface area contributed by atoms with Gasteiger partial charge in [0, 0.05) is 12.7 Å². The molecule has 3 rings (SSSR count). The van der Waals surface area contributed by atoms with Crippen molar-refractivity contribution in [3.05, 3.63) is 64.2 Å². The van der Waals surface area contributed by atoms with E-state index >= 15 is 0 Å². The van der Waals surface area contributed by atoms with Gasteiger partial charge in [-0.1, -0.05) is 12.1 Å². The van der Waals surface area contributed by atoms with E-state index < -0.39 is 15.7 Å². The first-order valence-electron chi connectivity index (χ1n) is 6.81. The molecular formula is C14H13N5O4S. The number of aromatic nitrogens is 3. The number of H-pyrrole nitrogens is 1. The van der Waals surface area contributed by atoms with E-state index in [4.69, 9.17) is 5.14 Å². The molecule has 0 atom stereocenters. The van der Waals surface area contributed by atoms with Gasteiger partial charge in [-0.2, -0.15) is 5.10 Å². The van der Waals surface area contributed by atoms with Crippen molar-refractivity contribution in [3.8, 4) is 0 Å². The van der Waals surface area contributed by atoms with Crippen molar-refractivity contribution in [2.24, 2.45) is 5.14 Å². The molecule has 4 N–H and O–H groups in total. The zero-order chi connectivity index (χ0) is 17.3. The lowest BCUT2D eigenvalue weighted by Gasteiger charge is -2.06. The van der Waals surface area contributed by atoms with Crippen LogP contribution in [-0.4, -0.2) is 28.9 Å². The van der Waals surface area contributed by atoms with Crippen LogP contribution in [0.15, 0.2) is 52.3 Å². The first-order chi connectivity index (χ1) is 11.3. The zero-order valence-electron chi connectivity index (χ0n) is 12.3. The third-order valence-corrected chi connectivity index (χ3v) is 4.31. The number of carbonyl (C=O) groups excluding carboxylic acids is 1. The molecule has 0 saturated heterocycles. The summed E-state index contributed by atoms with van der Waals surface area (Å²) in [5.74, 6) is -0.375. The minimum atomic E-state index is -3.74. The smallest absolute Gasteiger partial charge is 0.347 e. The quantitative estimate of drug-likeness (QED) is 0.589. The Balaban J connectivity index is 1.72. The van der Waals surface area contributed by atoms with E-state index in [0.717, 1.165) is 0 Å². The summed E-state index contributed by atoms with van der Waals surface area (Å²) < 4.78 is 23.6. The number of pyridine rings is 1. The largest absolute Gasteiger partial charge is 0.348 e. The van der Waals surface area contributed by atoms with Crippen LogP contribution in [0.3, 0.4) is 0 Å². The number of amides is 1. The summed E-state index contributed by atoms with van der Waals surface area (Å²) in [6.07, 6.45) is 1.39. The van der Waals surface area contributed by atoms with E-state index in [9.17, 15) is 18.0 Å². The highest BCUT2D eigenvalue weighted by Crippen LogP contribution is 2.09. The summed E-state index contributed by atoms with van der Waals surface area (Å²) in [7, 11) is -3.74. The number of nitrogens with two attached hydrogens (primary N) is 1. The van der Waals surface area contributed by atoms with Gasteiger partial charge in [-0.3, -0.25) is 4.79 Å². The molecule has 0 aliphatic heterocycles. The Hall–Kier alpha value is -2.98. The van der Waals surface area contributed by atoms with Gasteiger partial charge in [0.25, 0.3) is 5.91 Å². The molecule has 1 aromatic carbocycles. The molecule has 0 unspecified atom stereocenters. The van der Waals surface area contributed by atoms with Crippen LogP contribution < -0.4 is 16.1 Å². The first-order valence-corrected chi connectivity index (χ1v) is 8.36. The molecule has 10 heteroatoms. The van der Waals surface area contributed by atoms with Crippen molar-refractivity contribution in [1.82, 2.24) is 19.9 Å². The molecule has 0 aliphatic carbocycles. The number of benzene rings is 1. The minimum Gasteiger partial charge on any atom is -0.348 e. The number of fused-ring (bicyclic) bond motifs is 1. The van der Waals surface area contributed by atoms with Crippen molar-refractivity contribution < 1.29 is 13.2 Å². The van der Waals surface area contributed by atoms with Crippen LogP contribution in [-0.2, 0) is 16.6 Å². The number of sulfonamides is 1. The van der Waals surface area contributed by atoms with Crippen molar-refractivity contribution in [1.29, 1.82) is 0 Å². The van der Waals surface area contributed by atoms with Crippen LogP contribution in [0.5, 0.6) is 0 Å². The maximum Gasteiger partial charge on any atom is 0.347 e. The van der Waals surface area contributed by atoms with Crippen molar-refractivity contribution in [3.63, 3.8) is 0 Å². The topological polar surface area (TPSA) is 139 Å². The molecule has 124 valence electrons. The average Bonchev–Trinajstić information content (AvgIpc) is 2.93. The third kappa shape index (κ3) is 3.19. The molecular weight excluding hydrogens is 334 g/mol. The Kier molecular flexibility index (Phi) is 3.91. The van der Waals surface area contributed by atoms with Crippen LogP contribution >= 0.6 is 0 Å². The second kappa shape index (κ2) is 5.91. The molecule has 3 aromatic rings. The van der Waals surface area contributed by atoms with Gasteiger partial charge in [0.15, 0.2) is 5.65 Å². The van der Waals surface area contributed by atoms with E-state index in [2.05, 4.69) is 15.5 Å². The van der Waals surface area contributed by atoms with Gasteiger partial charge in [0.05, 0.1) is 10.5 Å². The van der Waals surface area contributed by atoms with Crippen LogP contribution in [0, 0.1) is 0 Å². The molecule has 2 heterocycles. The van der Waals surface area contributed by atoms with Crippen LogP contribution in [0.4, 0.5) is 0 Å². The number of carbonyl (C=O) groups is 1. The minimum absolute atomic E-state index is 0.00219. The van der Waals surface area contributed by atoms with E-state index in [0.29, 0.717) is 16.8 Å². The monoisotopic (exact) mass is 347 g/mol. The van der Waals surface area contributed by atoms with E-state index in [1.54, 1.807) is 24.3 Å². The predicted octanol–water partition coefficient (Wildman–Crippen LogP) is -0.400. The van der Waals surface area contributed by atoms with Crippen molar-refractivity contribution >= 4 is 21.6 Å². The lowest BCUT2D eigenvalue weighted by atomic mass is 10.2. The summed E-state index contributed by atoms with van der Waals surface area (Å²) in [6.45, 7) is 0.196. The van der Waals surface area contributed by atoms with Gasteiger partial charge < -0.3 is 5.32 Å². The number of nitrogens with zero attached hydrogens (tertiary/aromatic N) is 2. The van der Waals surface area contributed by atoms with Crippen LogP contribution in [0.2, 0.25) is 0 Å². The SMILES string of the molecule is NS(=O)(=O)c1ccc(CNC(=O)c2ccc3n[nH]c(=O)n3c2)cc1. The van der Waals surface area contributed by atoms with Gasteiger partial charge in [-0.05, 0) is 29.8 Å². The molecule has 0 aliphatic rings. The standard InChI is InChI=1S/C14H13N5O4S/c15-24(22,23)11-4-1-9(2-5-11)7-16-13(20)10-3-6-12-17-18-14(21)19(12)8-10/h1-6,8H,7H2,(H,16,20)(H,18,21)(H2,15,22,23). The summed E-state index contributed by atoms with van der Waals surface area (Å²) >= 11 is 0. The highest BCUT2D eigenvalue weighted by atomic mass is 32.2. The number of hydrogen-bond acceptors (Lipinski definition) is 5. The molecule has 0 spiro atoms. The lowest BCUT2D eigenvalue weighted by molar-refractivity contribution is 0.0950. The van der Waals surface area contributed by atoms with Crippen molar-refractivity contribution in [2.45, 2.75) is 11.4 Å². The van der Waals surface area contributed by atoms with E-state index in [-0.39, 0.29) is 17.3 Å². The normalized spacial score (nSPS) is 11.5. The van der Waals surface area contributed by atoms with Gasteiger partial charge in [-0.15, -0.1) is 0 Å². The second-order valence-corrected chi connectivity index (χ2v) is 6.61. The maximum absolute atomic E-state index is 12.1. The highest BCUT2D eigenvalue weighted by Gasteiger charge is 2.10. The molecule has 1 amide bonds. The Morgan fingerprint density at radius 2 is 1.92 bits per heavy atom. The van der Waals surface area contributed by atoms with Crippen LogP contribution in [0.1, 0.15) is 15.9 Å². The van der Waals surface area contributed by atoms with E-state index in [1.807, 2.05) is 0 Å². The molecule has 24 heavy (non-hydrogen) atoms. The Morgan fingerprint density at radius 3 is 2.58 bits per heavy atom. The molecule has 2 aromatic heterocycles. The second-order valence-electron chi connectivity index (χ2n) is 5.05. The van der Waals surface area contributed by atoms with Gasteiger partial charge in [0.2, 0.25) is 10.0 Å². The fourth-order valence-electron chi connectivity index (χ4n) is 2.12. The highest BCUT2D eigenvalue weighted by molar-refractivity contribution is 7.89. The van der Waals surface area contributed by atoms with Crippen molar-refractivity contribution in [2.75, 3.05) is 0 Å². The fraction of sp³-hybridized carbons (Fsp3) is 0.0714. The number of nitrogens with one attached hydrogen (secondary N) is 2. The number of primary sulfonamides is 1. The average molecular weight is 347 g/mol. The lowest BCUT2D eigenvalue weighted by Crippen LogP contribution is -2.23. The molecule has 9 nitrogen and oxygen atoms in total.